The van der Waals surface area contributed by atoms with E-state index in [1.54, 1.807) is 57.2 Å². The van der Waals surface area contributed by atoms with Crippen molar-refractivity contribution in [2.24, 2.45) is 0 Å². The zero-order valence-corrected chi connectivity index (χ0v) is 27.3. The Hall–Kier alpha value is -3.99. The molecule has 4 amide bonds. The third-order valence-corrected chi connectivity index (χ3v) is 6.80. The molecule has 0 fully saturated rings. The van der Waals surface area contributed by atoms with E-state index in [0.717, 1.165) is 11.1 Å². The second kappa shape index (κ2) is 16.9. The Kier molecular flexibility index (Phi) is 13.3. The number of anilines is 2. The summed E-state index contributed by atoms with van der Waals surface area (Å²) in [6.45, 7) is 4.92. The van der Waals surface area contributed by atoms with Crippen LogP contribution in [0.4, 0.5) is 21.0 Å². The molecule has 45 heavy (non-hydrogen) atoms. The average Bonchev–Trinajstić information content (AvgIpc) is 2.98. The minimum Gasteiger partial charge on any atom is -0.464 e. The minimum atomic E-state index is -1.82. The van der Waals surface area contributed by atoms with Gasteiger partial charge in [0.15, 0.2) is 0 Å². The van der Waals surface area contributed by atoms with E-state index in [9.17, 15) is 19.2 Å². The van der Waals surface area contributed by atoms with E-state index in [1.807, 2.05) is 36.4 Å². The highest BCUT2D eigenvalue weighted by Gasteiger charge is 2.28. The number of amides is 4. The van der Waals surface area contributed by atoms with Gasteiger partial charge in [0.1, 0.15) is 18.7 Å². The van der Waals surface area contributed by atoms with Gasteiger partial charge < -0.3 is 30.7 Å². The van der Waals surface area contributed by atoms with Crippen LogP contribution in [0.1, 0.15) is 29.2 Å². The Balaban J connectivity index is 1.72. The number of benzene rings is 3. The van der Waals surface area contributed by atoms with E-state index < -0.39 is 46.5 Å². The van der Waals surface area contributed by atoms with Gasteiger partial charge in [0, 0.05) is 24.2 Å². The van der Waals surface area contributed by atoms with Gasteiger partial charge in [-0.2, -0.15) is 0 Å². The largest absolute Gasteiger partial charge is 0.464 e. The van der Waals surface area contributed by atoms with Gasteiger partial charge in [0.05, 0.1) is 6.61 Å². The molecule has 3 aromatic carbocycles. The van der Waals surface area contributed by atoms with Gasteiger partial charge in [-0.1, -0.05) is 102 Å². The molecule has 0 heterocycles. The smallest absolute Gasteiger partial charge is 0.329 e. The minimum absolute atomic E-state index is 0.122. The van der Waals surface area contributed by atoms with Crippen LogP contribution < -0.4 is 21.3 Å². The first kappa shape index (κ1) is 35.5. The van der Waals surface area contributed by atoms with E-state index in [-0.39, 0.29) is 19.4 Å². The number of aryl methyl sites for hydroxylation is 2. The molecule has 0 saturated heterocycles. The fourth-order valence-electron chi connectivity index (χ4n) is 4.34. The molecule has 0 aromatic heterocycles. The molecule has 0 saturated carbocycles. The summed E-state index contributed by atoms with van der Waals surface area (Å²) in [4.78, 5) is 51.5. The molecule has 0 spiro atoms. The third-order valence-electron chi connectivity index (χ3n) is 6.48. The van der Waals surface area contributed by atoms with Crippen LogP contribution in [0.2, 0.25) is 0 Å². The Labute approximate surface area is 277 Å². The molecule has 0 unspecified atom stereocenters. The van der Waals surface area contributed by atoms with E-state index in [4.69, 9.17) is 44.3 Å². The standard InChI is InChI=1S/C32H35Cl3N4O6/c1-4-44-28(40)26(16-22-11-7-5-8-12-22)38-30(42)36-24-18-25(21(3)15-20(24)2)37-31(43)39-27(17-23-13-9-6-10-14-23)29(41)45-19-32(33,34)35/h5-15,18,26-27H,4,16-17,19H2,1-3H3,(H2,36,38,42)(H2,37,39,43)/t26-,27-/m0/s1. The number of carbonyl (C=O) groups excluding carboxylic acids is 4. The van der Waals surface area contributed by atoms with Gasteiger partial charge in [-0.05, 0) is 49.1 Å². The molecule has 13 heteroatoms. The summed E-state index contributed by atoms with van der Waals surface area (Å²) in [7, 11) is 0. The molecule has 2 atom stereocenters. The number of hydrogen-bond donors (Lipinski definition) is 4. The Morgan fingerprint density at radius 1 is 0.689 bits per heavy atom. The molecular formula is C32H35Cl3N4O6. The summed E-state index contributed by atoms with van der Waals surface area (Å²) in [5, 5.41) is 10.8. The molecule has 10 nitrogen and oxygen atoms in total. The molecule has 3 rings (SSSR count). The fraction of sp³-hybridized carbons (Fsp3) is 0.312. The Bertz CT molecular complexity index is 1470. The lowest BCUT2D eigenvalue weighted by atomic mass is 10.1. The zero-order valence-electron chi connectivity index (χ0n) is 25.0. The summed E-state index contributed by atoms with van der Waals surface area (Å²) in [6, 6.07) is 18.3. The van der Waals surface area contributed by atoms with Crippen molar-refractivity contribution in [3.8, 4) is 0 Å². The van der Waals surface area contributed by atoms with Crippen LogP contribution in [0.5, 0.6) is 0 Å². The predicted molar refractivity (Wildman–Crippen MR) is 176 cm³/mol. The molecule has 0 aliphatic rings. The highest BCUT2D eigenvalue weighted by Crippen LogP contribution is 2.27. The van der Waals surface area contributed by atoms with Crippen LogP contribution in [-0.2, 0) is 31.9 Å². The second-order valence-corrected chi connectivity index (χ2v) is 12.7. The maximum Gasteiger partial charge on any atom is 0.329 e. The van der Waals surface area contributed by atoms with Crippen LogP contribution in [0.3, 0.4) is 0 Å². The summed E-state index contributed by atoms with van der Waals surface area (Å²) in [5.41, 5.74) is 3.78. The fourth-order valence-corrected chi connectivity index (χ4v) is 4.50. The highest BCUT2D eigenvalue weighted by atomic mass is 35.6. The van der Waals surface area contributed by atoms with Gasteiger partial charge in [0.2, 0.25) is 3.79 Å². The molecule has 4 N–H and O–H groups in total. The first-order valence-corrected chi connectivity index (χ1v) is 15.2. The number of nitrogens with one attached hydrogen (secondary N) is 4. The molecular weight excluding hydrogens is 643 g/mol. The van der Waals surface area contributed by atoms with Crippen molar-refractivity contribution < 1.29 is 28.7 Å². The van der Waals surface area contributed by atoms with Gasteiger partial charge in [-0.15, -0.1) is 0 Å². The summed E-state index contributed by atoms with van der Waals surface area (Å²) in [5.74, 6) is -1.35. The first-order chi connectivity index (χ1) is 21.3. The van der Waals surface area contributed by atoms with Crippen LogP contribution in [0.15, 0.2) is 72.8 Å². The van der Waals surface area contributed by atoms with Crippen molar-refractivity contribution in [3.63, 3.8) is 0 Å². The van der Waals surface area contributed by atoms with Crippen molar-refractivity contribution in [2.75, 3.05) is 23.8 Å². The lowest BCUT2D eigenvalue weighted by Crippen LogP contribution is -2.46. The normalized spacial score (nSPS) is 12.3. The van der Waals surface area contributed by atoms with Crippen molar-refractivity contribution >= 4 is 70.2 Å². The van der Waals surface area contributed by atoms with Crippen molar-refractivity contribution in [1.29, 1.82) is 0 Å². The van der Waals surface area contributed by atoms with E-state index in [0.29, 0.717) is 22.5 Å². The number of hydrogen-bond acceptors (Lipinski definition) is 6. The third kappa shape index (κ3) is 12.1. The Morgan fingerprint density at radius 3 is 1.51 bits per heavy atom. The SMILES string of the molecule is CCOC(=O)[C@H](Cc1ccccc1)NC(=O)Nc1cc(NC(=O)N[C@@H](Cc2ccccc2)C(=O)OCC(Cl)(Cl)Cl)c(C)cc1C. The predicted octanol–water partition coefficient (Wildman–Crippen LogP) is 6.25. The molecule has 0 radical (unpaired) electrons. The van der Waals surface area contributed by atoms with Crippen LogP contribution in [0, 0.1) is 13.8 Å². The first-order valence-electron chi connectivity index (χ1n) is 14.1. The summed E-state index contributed by atoms with van der Waals surface area (Å²) < 4.78 is 8.47. The monoisotopic (exact) mass is 676 g/mol. The number of esters is 2. The summed E-state index contributed by atoms with van der Waals surface area (Å²) in [6.07, 6.45) is 0.360. The number of urea groups is 2. The van der Waals surface area contributed by atoms with Gasteiger partial charge in [-0.3, -0.25) is 0 Å². The molecule has 3 aromatic rings. The highest BCUT2D eigenvalue weighted by molar-refractivity contribution is 6.67. The van der Waals surface area contributed by atoms with Gasteiger partial charge in [0.25, 0.3) is 0 Å². The van der Waals surface area contributed by atoms with Crippen LogP contribution >= 0.6 is 34.8 Å². The van der Waals surface area contributed by atoms with Crippen LogP contribution in [0.25, 0.3) is 0 Å². The zero-order chi connectivity index (χ0) is 33.0. The van der Waals surface area contributed by atoms with Crippen molar-refractivity contribution in [3.05, 3.63) is 95.1 Å². The number of ether oxygens (including phenoxy) is 2. The number of halogens is 3. The van der Waals surface area contributed by atoms with Crippen molar-refractivity contribution in [1.82, 2.24) is 10.6 Å². The quantitative estimate of drug-likeness (QED) is 0.132. The number of rotatable bonds is 12. The van der Waals surface area contributed by atoms with E-state index in [1.165, 1.54) is 0 Å². The topological polar surface area (TPSA) is 135 Å². The molecule has 240 valence electrons. The molecule has 0 aliphatic carbocycles. The number of alkyl halides is 3. The van der Waals surface area contributed by atoms with Gasteiger partial charge in [-0.25, -0.2) is 19.2 Å². The molecule has 0 aliphatic heterocycles. The average molecular weight is 678 g/mol. The number of carbonyl (C=O) groups is 4. The Morgan fingerprint density at radius 2 is 1.11 bits per heavy atom. The second-order valence-electron chi connectivity index (χ2n) is 10.1. The van der Waals surface area contributed by atoms with Crippen LogP contribution in [-0.4, -0.2) is 53.1 Å². The lowest BCUT2D eigenvalue weighted by molar-refractivity contribution is -0.146. The molecule has 0 bridgehead atoms. The summed E-state index contributed by atoms with van der Waals surface area (Å²) >= 11 is 17.2. The van der Waals surface area contributed by atoms with Crippen molar-refractivity contribution in [2.45, 2.75) is 49.5 Å². The van der Waals surface area contributed by atoms with Gasteiger partial charge >= 0.3 is 24.0 Å². The lowest BCUT2D eigenvalue weighted by Gasteiger charge is -2.21. The maximum absolute atomic E-state index is 13.1. The van der Waals surface area contributed by atoms with E-state index in [2.05, 4.69) is 21.3 Å². The maximum atomic E-state index is 13.1. The van der Waals surface area contributed by atoms with E-state index >= 15 is 0 Å².